The molecule has 1 rings (SSSR count). The molecule has 0 aliphatic heterocycles. The Balaban J connectivity index is 2.40. The van der Waals surface area contributed by atoms with Crippen LogP contribution in [0.3, 0.4) is 0 Å². The van der Waals surface area contributed by atoms with Crippen molar-refractivity contribution in [3.63, 3.8) is 0 Å². The second kappa shape index (κ2) is 3.50. The van der Waals surface area contributed by atoms with Crippen LogP contribution >= 0.6 is 0 Å². The fourth-order valence-corrected chi connectivity index (χ4v) is 0.949. The van der Waals surface area contributed by atoms with Gasteiger partial charge in [0.15, 0.2) is 0 Å². The predicted molar refractivity (Wildman–Crippen MR) is 42.3 cm³/mol. The molecule has 4 nitrogen and oxygen atoms in total. The molecule has 0 radical (unpaired) electrons. The molecular weight excluding hydrogens is 194 g/mol. The maximum atomic E-state index is 12.5. The molecule has 14 heavy (non-hydrogen) atoms. The average Bonchev–Trinajstić information content (AvgIpc) is 2.95. The number of nitrogens with zero attached hydrogens (tertiary/aromatic N) is 1. The molecule has 0 spiro atoms. The number of rotatable bonds is 4. The Labute approximate surface area is 79.5 Å². The summed E-state index contributed by atoms with van der Waals surface area (Å²) in [6.07, 6.45) is 0.833. The molecule has 1 aliphatic carbocycles. The van der Waals surface area contributed by atoms with E-state index in [1.165, 1.54) is 0 Å². The van der Waals surface area contributed by atoms with Crippen molar-refractivity contribution in [3.05, 3.63) is 0 Å². The number of nitrogens with one attached hydrogen (secondary N) is 1. The van der Waals surface area contributed by atoms with Crippen molar-refractivity contribution < 1.29 is 18.7 Å². The molecule has 78 valence electrons. The lowest BCUT2D eigenvalue weighted by molar-refractivity contribution is -0.127. The van der Waals surface area contributed by atoms with E-state index in [-0.39, 0.29) is 0 Å². The van der Waals surface area contributed by atoms with Gasteiger partial charge in [0.05, 0.1) is 12.6 Å². The summed E-state index contributed by atoms with van der Waals surface area (Å²) in [5.74, 6) is -3.99. The highest BCUT2D eigenvalue weighted by atomic mass is 19.3. The highest BCUT2D eigenvalue weighted by Crippen LogP contribution is 2.45. The second-order valence-corrected chi connectivity index (χ2v) is 3.39. The van der Waals surface area contributed by atoms with Gasteiger partial charge in [0.2, 0.25) is 5.91 Å². The zero-order valence-corrected chi connectivity index (χ0v) is 7.39. The van der Waals surface area contributed by atoms with E-state index in [4.69, 9.17) is 10.4 Å². The number of alkyl halides is 2. The van der Waals surface area contributed by atoms with E-state index in [0.29, 0.717) is 12.8 Å². The molecule has 0 aromatic heterocycles. The number of hydrogen-bond acceptors (Lipinski definition) is 3. The summed E-state index contributed by atoms with van der Waals surface area (Å²) in [6.45, 7) is -2.24. The van der Waals surface area contributed by atoms with Crippen LogP contribution in [0.25, 0.3) is 0 Å². The van der Waals surface area contributed by atoms with E-state index in [1.54, 1.807) is 6.07 Å². The van der Waals surface area contributed by atoms with Crippen LogP contribution in [0.15, 0.2) is 0 Å². The van der Waals surface area contributed by atoms with Crippen LogP contribution in [0.5, 0.6) is 0 Å². The minimum Gasteiger partial charge on any atom is -0.390 e. The van der Waals surface area contributed by atoms with Gasteiger partial charge in [0, 0.05) is 0 Å². The van der Waals surface area contributed by atoms with Crippen molar-refractivity contribution in [2.75, 3.05) is 13.2 Å². The van der Waals surface area contributed by atoms with Crippen molar-refractivity contribution in [2.45, 2.75) is 18.8 Å². The number of carbonyl (C=O) groups is 1. The van der Waals surface area contributed by atoms with Gasteiger partial charge >= 0.3 is 0 Å². The van der Waals surface area contributed by atoms with Crippen LogP contribution in [0, 0.1) is 16.7 Å². The van der Waals surface area contributed by atoms with Crippen LogP contribution < -0.4 is 5.32 Å². The van der Waals surface area contributed by atoms with Crippen LogP contribution in [0.4, 0.5) is 8.78 Å². The van der Waals surface area contributed by atoms with Gasteiger partial charge in [-0.15, -0.1) is 0 Å². The zero-order chi connectivity index (χ0) is 10.8. The molecule has 1 amide bonds. The molecule has 0 saturated heterocycles. The van der Waals surface area contributed by atoms with Gasteiger partial charge < -0.3 is 10.4 Å². The van der Waals surface area contributed by atoms with Gasteiger partial charge in [0.25, 0.3) is 5.92 Å². The van der Waals surface area contributed by atoms with Gasteiger partial charge in [-0.1, -0.05) is 0 Å². The van der Waals surface area contributed by atoms with Gasteiger partial charge in [-0.2, -0.15) is 5.26 Å². The number of halogens is 2. The van der Waals surface area contributed by atoms with Crippen molar-refractivity contribution in [1.82, 2.24) is 5.32 Å². The van der Waals surface area contributed by atoms with Crippen molar-refractivity contribution >= 4 is 5.91 Å². The van der Waals surface area contributed by atoms with Crippen molar-refractivity contribution in [2.24, 2.45) is 5.41 Å². The molecule has 0 unspecified atom stereocenters. The normalized spacial score (nSPS) is 18.4. The van der Waals surface area contributed by atoms with Crippen LogP contribution in [0.2, 0.25) is 0 Å². The lowest BCUT2D eigenvalue weighted by atomic mass is 10.1. The molecule has 1 fully saturated rings. The van der Waals surface area contributed by atoms with Crippen molar-refractivity contribution in [3.8, 4) is 6.07 Å². The Bertz CT molecular complexity index is 282. The third kappa shape index (κ3) is 2.17. The lowest BCUT2D eigenvalue weighted by Gasteiger charge is -2.15. The molecule has 0 aromatic rings. The van der Waals surface area contributed by atoms with Gasteiger partial charge in [-0.3, -0.25) is 4.79 Å². The summed E-state index contributed by atoms with van der Waals surface area (Å²) in [6, 6.07) is 1.79. The van der Waals surface area contributed by atoms with E-state index in [1.807, 2.05) is 5.32 Å². The Kier molecular flexibility index (Phi) is 2.71. The first-order valence-electron chi connectivity index (χ1n) is 4.14. The number of carbonyl (C=O) groups excluding carboxylic acids is 1. The third-order valence-electron chi connectivity index (χ3n) is 2.14. The highest BCUT2D eigenvalue weighted by molar-refractivity contribution is 5.88. The number of aliphatic hydroxyl groups is 1. The van der Waals surface area contributed by atoms with Crippen LogP contribution in [0.1, 0.15) is 12.8 Å². The Hall–Kier alpha value is -1.22. The molecule has 0 atom stereocenters. The summed E-state index contributed by atoms with van der Waals surface area (Å²) in [5.41, 5.74) is -1.09. The Morgan fingerprint density at radius 2 is 2.21 bits per heavy atom. The molecule has 1 saturated carbocycles. The molecule has 0 heterocycles. The van der Waals surface area contributed by atoms with E-state index >= 15 is 0 Å². The standard InChI is InChI=1S/C8H10F2N2O2/c9-8(10,5-13)4-12-6(14)7(3-11)1-2-7/h13H,1-2,4-5H2,(H,12,14). The fourth-order valence-electron chi connectivity index (χ4n) is 0.949. The zero-order valence-electron chi connectivity index (χ0n) is 7.39. The predicted octanol–water partition coefficient (Wildman–Crippen LogP) is 0.0340. The molecule has 0 bridgehead atoms. The quantitative estimate of drug-likeness (QED) is 0.678. The molecular formula is C8H10F2N2O2. The highest BCUT2D eigenvalue weighted by Gasteiger charge is 2.51. The first kappa shape index (κ1) is 10.9. The summed E-state index contributed by atoms with van der Waals surface area (Å²) < 4.78 is 25.0. The molecule has 0 aromatic carbocycles. The Morgan fingerprint density at radius 1 is 1.64 bits per heavy atom. The van der Waals surface area contributed by atoms with E-state index in [9.17, 15) is 13.6 Å². The molecule has 1 aliphatic rings. The lowest BCUT2D eigenvalue weighted by Crippen LogP contribution is -2.41. The Morgan fingerprint density at radius 3 is 2.57 bits per heavy atom. The van der Waals surface area contributed by atoms with Gasteiger partial charge in [0.1, 0.15) is 12.0 Å². The second-order valence-electron chi connectivity index (χ2n) is 3.39. The molecule has 6 heteroatoms. The largest absolute Gasteiger partial charge is 0.390 e. The third-order valence-corrected chi connectivity index (χ3v) is 2.14. The molecule has 2 N–H and O–H groups in total. The maximum absolute atomic E-state index is 12.5. The first-order valence-corrected chi connectivity index (χ1v) is 4.14. The monoisotopic (exact) mass is 204 g/mol. The fraction of sp³-hybridized carbons (Fsp3) is 0.750. The van der Waals surface area contributed by atoms with Gasteiger partial charge in [-0.25, -0.2) is 8.78 Å². The number of amides is 1. The van der Waals surface area contributed by atoms with Crippen molar-refractivity contribution in [1.29, 1.82) is 5.26 Å². The minimum atomic E-state index is -3.32. The summed E-state index contributed by atoms with van der Waals surface area (Å²) >= 11 is 0. The summed E-state index contributed by atoms with van der Waals surface area (Å²) in [7, 11) is 0. The maximum Gasteiger partial charge on any atom is 0.287 e. The summed E-state index contributed by atoms with van der Waals surface area (Å²) in [5, 5.41) is 18.7. The van der Waals surface area contributed by atoms with Crippen LogP contribution in [-0.2, 0) is 4.79 Å². The van der Waals surface area contributed by atoms with Crippen LogP contribution in [-0.4, -0.2) is 30.1 Å². The number of nitriles is 1. The van der Waals surface area contributed by atoms with E-state index < -0.39 is 30.4 Å². The van der Waals surface area contributed by atoms with E-state index in [0.717, 1.165) is 0 Å². The average molecular weight is 204 g/mol. The number of aliphatic hydroxyl groups excluding tert-OH is 1. The first-order chi connectivity index (χ1) is 6.46. The van der Waals surface area contributed by atoms with E-state index in [2.05, 4.69) is 0 Å². The topological polar surface area (TPSA) is 73.1 Å². The number of hydrogen-bond donors (Lipinski definition) is 2. The smallest absolute Gasteiger partial charge is 0.287 e. The minimum absolute atomic E-state index is 0.417. The van der Waals surface area contributed by atoms with Gasteiger partial charge in [-0.05, 0) is 12.8 Å². The summed E-state index contributed by atoms with van der Waals surface area (Å²) in [4.78, 5) is 11.2. The SMILES string of the molecule is N#CC1(C(=O)NCC(F)(F)CO)CC1.